The predicted octanol–water partition coefficient (Wildman–Crippen LogP) is 4.05. The zero-order valence-corrected chi connectivity index (χ0v) is 22.6. The number of carboxylic acid groups (broad SMARTS) is 1. The molecule has 2 fully saturated rings. The van der Waals surface area contributed by atoms with Crippen LogP contribution < -0.4 is 15.1 Å². The van der Waals surface area contributed by atoms with Crippen LogP contribution in [0.3, 0.4) is 0 Å². The van der Waals surface area contributed by atoms with Gasteiger partial charge < -0.3 is 29.2 Å². The summed E-state index contributed by atoms with van der Waals surface area (Å²) in [4.78, 5) is 35.8. The molecule has 4 aromatic rings. The highest BCUT2D eigenvalue weighted by Crippen LogP contribution is 2.36. The number of aliphatic hydroxyl groups is 1. The number of aromatic carboxylic acids is 1. The lowest BCUT2D eigenvalue weighted by atomic mass is 9.97. The van der Waals surface area contributed by atoms with Crippen molar-refractivity contribution < 1.29 is 24.5 Å². The summed E-state index contributed by atoms with van der Waals surface area (Å²) < 4.78 is 12.6. The third-order valence-electron chi connectivity index (χ3n) is 7.31. The molecule has 2 aliphatic heterocycles. The molecule has 12 heteroatoms. The van der Waals surface area contributed by atoms with Crippen LogP contribution >= 0.6 is 23.2 Å². The van der Waals surface area contributed by atoms with Gasteiger partial charge in [0.1, 0.15) is 17.2 Å². The lowest BCUT2D eigenvalue weighted by molar-refractivity contribution is -0.186. The summed E-state index contributed by atoms with van der Waals surface area (Å²) in [7, 11) is 0. The van der Waals surface area contributed by atoms with E-state index in [1.54, 1.807) is 41.1 Å². The fourth-order valence-electron chi connectivity index (χ4n) is 5.15. The van der Waals surface area contributed by atoms with E-state index in [1.807, 2.05) is 0 Å². The van der Waals surface area contributed by atoms with Gasteiger partial charge in [-0.05, 0) is 49.2 Å². The van der Waals surface area contributed by atoms with Gasteiger partial charge in [-0.3, -0.25) is 9.78 Å². The number of nitrogens with zero attached hydrogens (tertiary/aromatic N) is 4. The number of carboxylic acids is 1. The van der Waals surface area contributed by atoms with Crippen LogP contribution in [0.2, 0.25) is 10.0 Å². The molecule has 0 radical (unpaired) electrons. The Balaban J connectivity index is 1.41. The van der Waals surface area contributed by atoms with Crippen molar-refractivity contribution >= 4 is 45.8 Å². The summed E-state index contributed by atoms with van der Waals surface area (Å²) in [5.41, 5.74) is -0.0657. The largest absolute Gasteiger partial charge is 0.477 e. The molecule has 2 N–H and O–H groups in total. The van der Waals surface area contributed by atoms with Crippen molar-refractivity contribution in [3.8, 4) is 11.6 Å². The molecule has 2 aliphatic rings. The molecule has 206 valence electrons. The second-order valence-corrected chi connectivity index (χ2v) is 10.7. The van der Waals surface area contributed by atoms with Crippen LogP contribution in [0, 0.1) is 0 Å². The van der Waals surface area contributed by atoms with Crippen molar-refractivity contribution in [3.63, 3.8) is 0 Å². The van der Waals surface area contributed by atoms with E-state index in [2.05, 4.69) is 14.9 Å². The number of fused-ring (bicyclic) bond motifs is 1. The molecule has 40 heavy (non-hydrogen) atoms. The van der Waals surface area contributed by atoms with Gasteiger partial charge in [-0.2, -0.15) is 0 Å². The first-order chi connectivity index (χ1) is 19.2. The fourth-order valence-corrected chi connectivity index (χ4v) is 5.59. The van der Waals surface area contributed by atoms with E-state index in [4.69, 9.17) is 32.7 Å². The van der Waals surface area contributed by atoms with Crippen LogP contribution in [0.25, 0.3) is 16.6 Å². The number of hydrogen-bond acceptors (Lipinski definition) is 8. The highest BCUT2D eigenvalue weighted by molar-refractivity contribution is 6.34. The number of aromatic nitrogens is 3. The third kappa shape index (κ3) is 4.66. The Bertz CT molecular complexity index is 1670. The van der Waals surface area contributed by atoms with Crippen LogP contribution in [-0.4, -0.2) is 63.1 Å². The summed E-state index contributed by atoms with van der Waals surface area (Å²) in [6.45, 7) is 1.34. The highest BCUT2D eigenvalue weighted by atomic mass is 35.5. The maximum absolute atomic E-state index is 13.2. The lowest BCUT2D eigenvalue weighted by Gasteiger charge is -2.35. The monoisotopic (exact) mass is 582 g/mol. The summed E-state index contributed by atoms with van der Waals surface area (Å²) >= 11 is 12.9. The minimum atomic E-state index is -1.35. The summed E-state index contributed by atoms with van der Waals surface area (Å²) in [5.74, 6) is -0.999. The molecule has 6 rings (SSSR count). The van der Waals surface area contributed by atoms with E-state index in [9.17, 15) is 19.8 Å². The lowest BCUT2D eigenvalue weighted by Crippen LogP contribution is -2.47. The molecule has 5 heterocycles. The number of hydrogen-bond donors (Lipinski definition) is 2. The van der Waals surface area contributed by atoms with Gasteiger partial charge in [0.25, 0.3) is 0 Å². The van der Waals surface area contributed by atoms with Crippen LogP contribution in [0.4, 0.5) is 5.69 Å². The number of carbonyl (C=O) groups is 1. The number of benzene rings is 1. The summed E-state index contributed by atoms with van der Waals surface area (Å²) in [6.07, 6.45) is 6.18. The first-order valence-electron chi connectivity index (χ1n) is 12.6. The minimum Gasteiger partial charge on any atom is -0.477 e. The quantitative estimate of drug-likeness (QED) is 0.331. The van der Waals surface area contributed by atoms with Crippen molar-refractivity contribution in [1.82, 2.24) is 14.5 Å². The average molecular weight is 583 g/mol. The first-order valence-corrected chi connectivity index (χ1v) is 13.4. The number of rotatable bonds is 7. The van der Waals surface area contributed by atoms with E-state index < -0.39 is 22.6 Å². The zero-order valence-electron chi connectivity index (χ0n) is 21.1. The van der Waals surface area contributed by atoms with Gasteiger partial charge in [-0.25, -0.2) is 9.78 Å². The van der Waals surface area contributed by atoms with Crippen molar-refractivity contribution in [1.29, 1.82) is 0 Å². The number of anilines is 1. The first kappa shape index (κ1) is 26.5. The Morgan fingerprint density at radius 3 is 2.67 bits per heavy atom. The van der Waals surface area contributed by atoms with E-state index in [0.29, 0.717) is 51.7 Å². The molecule has 0 saturated carbocycles. The van der Waals surface area contributed by atoms with Crippen molar-refractivity contribution in [2.75, 3.05) is 31.3 Å². The van der Waals surface area contributed by atoms with E-state index in [-0.39, 0.29) is 24.6 Å². The van der Waals surface area contributed by atoms with Crippen LogP contribution in [0.5, 0.6) is 5.88 Å². The molecule has 1 aromatic carbocycles. The van der Waals surface area contributed by atoms with Gasteiger partial charge >= 0.3 is 5.97 Å². The van der Waals surface area contributed by atoms with Crippen LogP contribution in [-0.2, 0) is 10.3 Å². The van der Waals surface area contributed by atoms with Gasteiger partial charge in [0, 0.05) is 24.3 Å². The molecule has 0 unspecified atom stereocenters. The molecule has 0 spiro atoms. The Morgan fingerprint density at radius 2 is 2.00 bits per heavy atom. The van der Waals surface area contributed by atoms with Crippen molar-refractivity contribution in [2.45, 2.75) is 24.5 Å². The molecule has 0 amide bonds. The van der Waals surface area contributed by atoms with Gasteiger partial charge in [-0.1, -0.05) is 23.2 Å². The number of halogens is 2. The SMILES string of the molecule is O=C(O)c1cn(-c2ccc(C3(O)COC3)nc2)c2cc(N3CCC[C@@H]3COc3ncccc3Cl)c(Cl)cc2c1=O. The number of ether oxygens (including phenoxy) is 2. The Kier molecular flexibility index (Phi) is 6.87. The second kappa shape index (κ2) is 10.4. The highest BCUT2D eigenvalue weighted by Gasteiger charge is 2.39. The molecule has 10 nitrogen and oxygen atoms in total. The van der Waals surface area contributed by atoms with Gasteiger partial charge in [0.15, 0.2) is 5.60 Å². The Hall–Kier alpha value is -3.70. The van der Waals surface area contributed by atoms with Crippen LogP contribution in [0.1, 0.15) is 28.9 Å². The molecule has 2 saturated heterocycles. The zero-order chi connectivity index (χ0) is 28.0. The normalized spacial score (nSPS) is 18.1. The van der Waals surface area contributed by atoms with E-state index >= 15 is 0 Å². The Morgan fingerprint density at radius 1 is 1.18 bits per heavy atom. The molecule has 1 atom stereocenters. The maximum atomic E-state index is 13.2. The summed E-state index contributed by atoms with van der Waals surface area (Å²) in [5, 5.41) is 21.2. The molecule has 0 aliphatic carbocycles. The van der Waals surface area contributed by atoms with E-state index in [0.717, 1.165) is 12.8 Å². The Labute approximate surface area is 238 Å². The van der Waals surface area contributed by atoms with Gasteiger partial charge in [0.2, 0.25) is 11.3 Å². The molecule has 3 aromatic heterocycles. The fraction of sp³-hybridized carbons (Fsp3) is 0.286. The second-order valence-electron chi connectivity index (χ2n) is 9.88. The van der Waals surface area contributed by atoms with Crippen LogP contribution in [0.15, 0.2) is 59.8 Å². The minimum absolute atomic E-state index is 0.0297. The van der Waals surface area contributed by atoms with Gasteiger partial charge in [0.05, 0.1) is 53.1 Å². The standard InChI is InChI=1S/C28H24Cl2N4O6/c29-20-4-1-7-31-26(20)40-13-17-3-2-8-33(17)23-10-22-18(9-21(23)30)25(35)19(27(36)37)12-34(22)16-5-6-24(32-11-16)28(38)14-39-15-28/h1,4-7,9-12,17,38H,2-3,8,13-15H2,(H,36,37)/t17-/m1/s1. The third-order valence-corrected chi connectivity index (χ3v) is 7.90. The van der Waals surface area contributed by atoms with Crippen molar-refractivity contribution in [2.24, 2.45) is 0 Å². The summed E-state index contributed by atoms with van der Waals surface area (Å²) in [6, 6.07) is 10.1. The molecule has 0 bridgehead atoms. The predicted molar refractivity (Wildman–Crippen MR) is 149 cm³/mol. The maximum Gasteiger partial charge on any atom is 0.341 e. The van der Waals surface area contributed by atoms with E-state index in [1.165, 1.54) is 18.5 Å². The van der Waals surface area contributed by atoms with Gasteiger partial charge in [-0.15, -0.1) is 0 Å². The van der Waals surface area contributed by atoms with Crippen molar-refractivity contribution in [3.05, 3.63) is 86.5 Å². The molecular formula is C28H24Cl2N4O6. The molecular weight excluding hydrogens is 559 g/mol. The smallest absolute Gasteiger partial charge is 0.341 e. The average Bonchev–Trinajstić information content (AvgIpc) is 3.40. The number of pyridine rings is 3. The topological polar surface area (TPSA) is 127 Å².